The monoisotopic (exact) mass is 257 g/mol. The minimum Gasteiger partial charge on any atom is -0.467 e. The molecule has 0 radical (unpaired) electrons. The van der Waals surface area contributed by atoms with Crippen molar-refractivity contribution in [1.29, 1.82) is 0 Å². The summed E-state index contributed by atoms with van der Waals surface area (Å²) in [6.45, 7) is 6.42. The van der Waals surface area contributed by atoms with Crippen molar-refractivity contribution in [3.8, 4) is 0 Å². The molecule has 1 rings (SSSR count). The highest BCUT2D eigenvalue weighted by molar-refractivity contribution is 5.87. The van der Waals surface area contributed by atoms with Crippen molar-refractivity contribution in [2.24, 2.45) is 11.8 Å². The molecule has 1 N–H and O–H groups in total. The normalized spacial score (nSPS) is 25.1. The van der Waals surface area contributed by atoms with Gasteiger partial charge in [-0.3, -0.25) is 4.79 Å². The maximum atomic E-state index is 11.9. The van der Waals surface area contributed by atoms with Crippen LogP contribution < -0.4 is 5.32 Å². The molecule has 0 aromatic rings. The Morgan fingerprint density at radius 2 is 2.06 bits per heavy atom. The molecular formula is C13H23NO4. The maximum Gasteiger partial charge on any atom is 0.328 e. The van der Waals surface area contributed by atoms with Crippen molar-refractivity contribution in [3.05, 3.63) is 0 Å². The molecule has 5 heteroatoms. The Kier molecular flexibility index (Phi) is 5.59. The van der Waals surface area contributed by atoms with Crippen LogP contribution in [0.3, 0.4) is 0 Å². The molecule has 0 aromatic carbocycles. The molecule has 0 aromatic heterocycles. The third kappa shape index (κ3) is 3.70. The van der Waals surface area contributed by atoms with Gasteiger partial charge in [-0.05, 0) is 19.3 Å². The zero-order valence-corrected chi connectivity index (χ0v) is 11.6. The van der Waals surface area contributed by atoms with Crippen molar-refractivity contribution in [1.82, 2.24) is 5.32 Å². The Morgan fingerprint density at radius 3 is 2.56 bits per heavy atom. The smallest absolute Gasteiger partial charge is 0.328 e. The van der Waals surface area contributed by atoms with Crippen LogP contribution in [0, 0.1) is 11.8 Å². The highest BCUT2D eigenvalue weighted by Crippen LogP contribution is 2.34. The fraction of sp³-hybridized carbons (Fsp3) is 0.846. The van der Waals surface area contributed by atoms with Crippen LogP contribution in [-0.2, 0) is 19.1 Å². The molecule has 1 amide bonds. The van der Waals surface area contributed by atoms with Crippen molar-refractivity contribution in [2.75, 3.05) is 13.7 Å². The van der Waals surface area contributed by atoms with E-state index >= 15 is 0 Å². The van der Waals surface area contributed by atoms with Crippen molar-refractivity contribution in [3.63, 3.8) is 0 Å². The van der Waals surface area contributed by atoms with Crippen LogP contribution in [0.2, 0.25) is 0 Å². The summed E-state index contributed by atoms with van der Waals surface area (Å²) in [5.74, 6) is -0.540. The second-order valence-corrected chi connectivity index (χ2v) is 4.73. The summed E-state index contributed by atoms with van der Waals surface area (Å²) in [5.41, 5.74) is 0. The largest absolute Gasteiger partial charge is 0.467 e. The van der Waals surface area contributed by atoms with E-state index in [-0.39, 0.29) is 29.8 Å². The summed E-state index contributed by atoms with van der Waals surface area (Å²) in [4.78, 5) is 23.6. The predicted molar refractivity (Wildman–Crippen MR) is 66.9 cm³/mol. The average molecular weight is 257 g/mol. The van der Waals surface area contributed by atoms with Crippen LogP contribution in [0.4, 0.5) is 0 Å². The zero-order valence-electron chi connectivity index (χ0n) is 11.6. The summed E-state index contributed by atoms with van der Waals surface area (Å²) in [7, 11) is 1.34. The lowest BCUT2D eigenvalue weighted by atomic mass is 9.99. The highest BCUT2D eigenvalue weighted by Gasteiger charge is 2.45. The van der Waals surface area contributed by atoms with Gasteiger partial charge in [0, 0.05) is 6.61 Å². The van der Waals surface area contributed by atoms with Gasteiger partial charge < -0.3 is 14.8 Å². The first-order chi connectivity index (χ1) is 8.54. The van der Waals surface area contributed by atoms with Crippen molar-refractivity contribution >= 4 is 11.9 Å². The molecule has 0 aliphatic heterocycles. The van der Waals surface area contributed by atoms with Crippen LogP contribution in [-0.4, -0.2) is 37.7 Å². The van der Waals surface area contributed by atoms with E-state index < -0.39 is 6.04 Å². The third-order valence-electron chi connectivity index (χ3n) is 3.42. The molecule has 0 saturated heterocycles. The molecule has 18 heavy (non-hydrogen) atoms. The lowest BCUT2D eigenvalue weighted by Crippen LogP contribution is -2.46. The number of hydrogen-bond acceptors (Lipinski definition) is 4. The van der Waals surface area contributed by atoms with Crippen LogP contribution in [0.25, 0.3) is 0 Å². The number of methoxy groups -OCH3 is 1. The molecule has 0 spiro atoms. The van der Waals surface area contributed by atoms with Gasteiger partial charge >= 0.3 is 5.97 Å². The van der Waals surface area contributed by atoms with E-state index in [9.17, 15) is 9.59 Å². The second kappa shape index (κ2) is 6.73. The number of esters is 1. The molecular weight excluding hydrogens is 234 g/mol. The number of carbonyl (C=O) groups excluding carboxylic acids is 2. The molecule has 1 aliphatic carbocycles. The Hall–Kier alpha value is -1.10. The summed E-state index contributed by atoms with van der Waals surface area (Å²) in [6.07, 6.45) is 1.57. The Labute approximate surface area is 108 Å². The van der Waals surface area contributed by atoms with E-state index in [0.717, 1.165) is 12.8 Å². The molecule has 1 saturated carbocycles. The van der Waals surface area contributed by atoms with Gasteiger partial charge in [-0.15, -0.1) is 0 Å². The van der Waals surface area contributed by atoms with Crippen LogP contribution >= 0.6 is 0 Å². The summed E-state index contributed by atoms with van der Waals surface area (Å²) >= 11 is 0. The lowest BCUT2D eigenvalue weighted by Gasteiger charge is -2.21. The average Bonchev–Trinajstić information content (AvgIpc) is 3.13. The summed E-state index contributed by atoms with van der Waals surface area (Å²) < 4.78 is 10.1. The quantitative estimate of drug-likeness (QED) is 0.694. The van der Waals surface area contributed by atoms with Crippen LogP contribution in [0.15, 0.2) is 0 Å². The standard InChI is InChI=1S/C13H23NO4/c1-5-8(3)11(13(16)17-4)14-12(15)9-7-10(9)18-6-2/h8-11H,5-7H2,1-4H3,(H,14,15)/t8-,9-,10+,11+/m0/s1. The minimum atomic E-state index is -0.560. The third-order valence-corrected chi connectivity index (χ3v) is 3.42. The molecule has 0 heterocycles. The zero-order chi connectivity index (χ0) is 13.7. The van der Waals surface area contributed by atoms with E-state index in [1.165, 1.54) is 7.11 Å². The van der Waals surface area contributed by atoms with E-state index in [4.69, 9.17) is 9.47 Å². The topological polar surface area (TPSA) is 64.6 Å². The molecule has 4 atom stereocenters. The van der Waals surface area contributed by atoms with E-state index in [0.29, 0.717) is 6.61 Å². The van der Waals surface area contributed by atoms with E-state index in [2.05, 4.69) is 5.32 Å². The Balaban J connectivity index is 2.51. The molecule has 5 nitrogen and oxygen atoms in total. The molecule has 104 valence electrons. The first kappa shape index (κ1) is 15.0. The fourth-order valence-electron chi connectivity index (χ4n) is 1.90. The molecule has 0 unspecified atom stereocenters. The first-order valence-corrected chi connectivity index (χ1v) is 6.54. The van der Waals surface area contributed by atoms with Gasteiger partial charge in [-0.1, -0.05) is 20.3 Å². The predicted octanol–water partition coefficient (Wildman–Crippen LogP) is 1.12. The Morgan fingerprint density at radius 1 is 1.39 bits per heavy atom. The van der Waals surface area contributed by atoms with Crippen molar-refractivity contribution in [2.45, 2.75) is 45.8 Å². The van der Waals surface area contributed by atoms with Gasteiger partial charge in [0.2, 0.25) is 5.91 Å². The van der Waals surface area contributed by atoms with Crippen LogP contribution in [0.1, 0.15) is 33.6 Å². The van der Waals surface area contributed by atoms with E-state index in [1.54, 1.807) is 0 Å². The number of carbonyl (C=O) groups is 2. The van der Waals surface area contributed by atoms with Crippen molar-refractivity contribution < 1.29 is 19.1 Å². The SMILES string of the molecule is CCO[C@@H]1C[C@@H]1C(=O)N[C@@H](C(=O)OC)[C@@H](C)CC. The molecule has 1 fully saturated rings. The van der Waals surface area contributed by atoms with E-state index in [1.807, 2.05) is 20.8 Å². The molecule has 1 aliphatic rings. The Bertz CT molecular complexity index is 305. The van der Waals surface area contributed by atoms with Gasteiger partial charge in [0.15, 0.2) is 0 Å². The minimum absolute atomic E-state index is 0.0187. The number of amides is 1. The van der Waals surface area contributed by atoms with Gasteiger partial charge in [-0.2, -0.15) is 0 Å². The second-order valence-electron chi connectivity index (χ2n) is 4.73. The first-order valence-electron chi connectivity index (χ1n) is 6.54. The van der Waals surface area contributed by atoms with Gasteiger partial charge in [-0.25, -0.2) is 4.79 Å². The fourth-order valence-corrected chi connectivity index (χ4v) is 1.90. The summed E-state index contributed by atoms with van der Waals surface area (Å²) in [5, 5.41) is 2.78. The maximum absolute atomic E-state index is 11.9. The van der Waals surface area contributed by atoms with Gasteiger partial charge in [0.05, 0.1) is 19.1 Å². The summed E-state index contributed by atoms with van der Waals surface area (Å²) in [6, 6.07) is -0.560. The number of rotatable bonds is 7. The number of ether oxygens (including phenoxy) is 2. The van der Waals surface area contributed by atoms with Gasteiger partial charge in [0.1, 0.15) is 6.04 Å². The highest BCUT2D eigenvalue weighted by atomic mass is 16.5. The van der Waals surface area contributed by atoms with Crippen LogP contribution in [0.5, 0.6) is 0 Å². The van der Waals surface area contributed by atoms with Gasteiger partial charge in [0.25, 0.3) is 0 Å². The molecule has 0 bridgehead atoms. The lowest BCUT2D eigenvalue weighted by molar-refractivity contribution is -0.146. The number of hydrogen-bond donors (Lipinski definition) is 1. The number of nitrogens with one attached hydrogen (secondary N) is 1.